The lowest BCUT2D eigenvalue weighted by Crippen LogP contribution is -2.52. The quantitative estimate of drug-likeness (QED) is 0.859. The highest BCUT2D eigenvalue weighted by Crippen LogP contribution is 2.36. The number of rotatable bonds is 6. The number of nitrogens with one attached hydrogen (secondary N) is 1. The van der Waals surface area contributed by atoms with Gasteiger partial charge in [-0.1, -0.05) is 6.07 Å². The molecular formula is C19H30N4O2. The lowest BCUT2D eigenvalue weighted by molar-refractivity contribution is -0.0678. The molecule has 0 radical (unpaired) electrons. The van der Waals surface area contributed by atoms with Crippen molar-refractivity contribution in [3.05, 3.63) is 30.1 Å². The maximum atomic E-state index is 12.5. The third-order valence-corrected chi connectivity index (χ3v) is 5.91. The van der Waals surface area contributed by atoms with Crippen LogP contribution < -0.4 is 5.32 Å². The van der Waals surface area contributed by atoms with Gasteiger partial charge in [0.05, 0.1) is 5.60 Å². The summed E-state index contributed by atoms with van der Waals surface area (Å²) < 4.78 is 5.58. The van der Waals surface area contributed by atoms with E-state index < -0.39 is 0 Å². The predicted molar refractivity (Wildman–Crippen MR) is 97.3 cm³/mol. The highest BCUT2D eigenvalue weighted by Gasteiger charge is 2.38. The van der Waals surface area contributed by atoms with Crippen LogP contribution in [0.1, 0.15) is 37.3 Å². The molecule has 2 atom stereocenters. The van der Waals surface area contributed by atoms with Crippen molar-refractivity contribution in [2.45, 2.75) is 37.3 Å². The van der Waals surface area contributed by atoms with Gasteiger partial charge in [-0.05, 0) is 56.8 Å². The summed E-state index contributed by atoms with van der Waals surface area (Å²) in [6.45, 7) is 2.39. The second-order valence-corrected chi connectivity index (χ2v) is 7.54. The molecule has 1 saturated carbocycles. The molecule has 2 amide bonds. The number of likely N-dealkylation sites (tertiary alicyclic amines) is 1. The van der Waals surface area contributed by atoms with Crippen LogP contribution in [0, 0.1) is 5.92 Å². The average molecular weight is 346 g/mol. The van der Waals surface area contributed by atoms with Gasteiger partial charge in [0.2, 0.25) is 0 Å². The van der Waals surface area contributed by atoms with Crippen molar-refractivity contribution in [1.82, 2.24) is 20.1 Å². The van der Waals surface area contributed by atoms with E-state index in [1.807, 2.05) is 24.2 Å². The first-order valence-electron chi connectivity index (χ1n) is 9.19. The van der Waals surface area contributed by atoms with E-state index in [1.54, 1.807) is 13.3 Å². The van der Waals surface area contributed by atoms with Crippen molar-refractivity contribution in [3.8, 4) is 0 Å². The molecule has 1 N–H and O–H groups in total. The number of ether oxygens (including phenoxy) is 1. The lowest BCUT2D eigenvalue weighted by Gasteiger charge is -2.40. The van der Waals surface area contributed by atoms with Crippen LogP contribution in [0.5, 0.6) is 0 Å². The number of hydrogen-bond acceptors (Lipinski definition) is 4. The van der Waals surface area contributed by atoms with Crippen molar-refractivity contribution in [2.75, 3.05) is 40.8 Å². The third kappa shape index (κ3) is 3.96. The fourth-order valence-electron chi connectivity index (χ4n) is 4.13. The number of pyridine rings is 1. The van der Waals surface area contributed by atoms with Gasteiger partial charge in [0.15, 0.2) is 0 Å². The Kier molecular flexibility index (Phi) is 5.59. The summed E-state index contributed by atoms with van der Waals surface area (Å²) in [5, 5.41) is 3.05. The second kappa shape index (κ2) is 7.70. The summed E-state index contributed by atoms with van der Waals surface area (Å²) in [6, 6.07) is 4.42. The molecule has 3 rings (SSSR count). The highest BCUT2D eigenvalue weighted by molar-refractivity contribution is 5.74. The number of carbonyl (C=O) groups is 1. The maximum Gasteiger partial charge on any atom is 0.317 e. The number of aromatic nitrogens is 1. The van der Waals surface area contributed by atoms with Gasteiger partial charge in [-0.25, -0.2) is 4.79 Å². The monoisotopic (exact) mass is 346 g/mol. The molecule has 2 fully saturated rings. The minimum Gasteiger partial charge on any atom is -0.376 e. The Labute approximate surface area is 150 Å². The Bertz CT molecular complexity index is 571. The van der Waals surface area contributed by atoms with Gasteiger partial charge in [-0.3, -0.25) is 9.88 Å². The topological polar surface area (TPSA) is 57.7 Å². The molecule has 1 saturated heterocycles. The smallest absolute Gasteiger partial charge is 0.317 e. The van der Waals surface area contributed by atoms with Crippen LogP contribution in [0.25, 0.3) is 0 Å². The Morgan fingerprint density at radius 1 is 1.52 bits per heavy atom. The number of methoxy groups -OCH3 is 1. The van der Waals surface area contributed by atoms with Crippen molar-refractivity contribution < 1.29 is 9.53 Å². The Hall–Kier alpha value is -1.66. The SMILES string of the molecule is COC1(CNC(=O)N(C)C[C@@H]2CCN(C)[C@H]2c2cccnc2)CCC1. The Morgan fingerprint density at radius 3 is 2.92 bits per heavy atom. The van der Waals surface area contributed by atoms with Gasteiger partial charge < -0.3 is 15.0 Å². The zero-order chi connectivity index (χ0) is 17.9. The average Bonchev–Trinajstić information content (AvgIpc) is 2.95. The molecule has 1 aliphatic carbocycles. The van der Waals surface area contributed by atoms with E-state index in [1.165, 1.54) is 12.0 Å². The van der Waals surface area contributed by atoms with E-state index in [2.05, 4.69) is 28.3 Å². The summed E-state index contributed by atoms with van der Waals surface area (Å²) in [5.41, 5.74) is 1.09. The van der Waals surface area contributed by atoms with Gasteiger partial charge in [0.25, 0.3) is 0 Å². The zero-order valence-corrected chi connectivity index (χ0v) is 15.6. The number of amides is 2. The summed E-state index contributed by atoms with van der Waals surface area (Å²) >= 11 is 0. The summed E-state index contributed by atoms with van der Waals surface area (Å²) in [4.78, 5) is 20.9. The standard InChI is InChI=1S/C19H30N4O2/c1-22-11-7-16(17(22)15-6-4-10-20-12-15)13-23(2)18(24)21-14-19(25-3)8-5-9-19/h4,6,10,12,16-17H,5,7-9,11,13-14H2,1-3H3,(H,21,24)/t16-,17-/m0/s1. The fourth-order valence-corrected chi connectivity index (χ4v) is 4.13. The number of nitrogens with zero attached hydrogens (tertiary/aromatic N) is 3. The second-order valence-electron chi connectivity index (χ2n) is 7.54. The molecule has 2 aliphatic rings. The molecule has 2 heterocycles. The van der Waals surface area contributed by atoms with Gasteiger partial charge in [0, 0.05) is 45.7 Å². The van der Waals surface area contributed by atoms with Crippen LogP contribution in [0.2, 0.25) is 0 Å². The molecule has 6 nitrogen and oxygen atoms in total. The molecule has 1 aromatic rings. The lowest BCUT2D eigenvalue weighted by atomic mass is 9.80. The molecule has 1 aromatic heterocycles. The number of hydrogen-bond donors (Lipinski definition) is 1. The first kappa shape index (κ1) is 18.1. The largest absolute Gasteiger partial charge is 0.376 e. The van der Waals surface area contributed by atoms with E-state index in [9.17, 15) is 4.79 Å². The Morgan fingerprint density at radius 2 is 2.32 bits per heavy atom. The third-order valence-electron chi connectivity index (χ3n) is 5.91. The van der Waals surface area contributed by atoms with Gasteiger partial charge in [0.1, 0.15) is 0 Å². The molecule has 138 valence electrons. The van der Waals surface area contributed by atoms with E-state index in [0.717, 1.165) is 32.4 Å². The van der Waals surface area contributed by atoms with Crippen LogP contribution in [-0.4, -0.2) is 67.3 Å². The first-order valence-corrected chi connectivity index (χ1v) is 9.19. The van der Waals surface area contributed by atoms with E-state index in [4.69, 9.17) is 4.74 Å². The maximum absolute atomic E-state index is 12.5. The normalized spacial score (nSPS) is 25.4. The van der Waals surface area contributed by atoms with Crippen molar-refractivity contribution in [2.24, 2.45) is 5.92 Å². The molecule has 0 unspecified atom stereocenters. The molecular weight excluding hydrogens is 316 g/mol. The van der Waals surface area contributed by atoms with Crippen molar-refractivity contribution in [3.63, 3.8) is 0 Å². The molecule has 0 spiro atoms. The van der Waals surface area contributed by atoms with E-state index in [-0.39, 0.29) is 11.6 Å². The minimum absolute atomic E-state index is 0.0113. The molecule has 1 aliphatic heterocycles. The van der Waals surface area contributed by atoms with Crippen LogP contribution in [0.4, 0.5) is 4.79 Å². The fraction of sp³-hybridized carbons (Fsp3) is 0.684. The minimum atomic E-state index is -0.137. The molecule has 25 heavy (non-hydrogen) atoms. The zero-order valence-electron chi connectivity index (χ0n) is 15.6. The van der Waals surface area contributed by atoms with E-state index >= 15 is 0 Å². The van der Waals surface area contributed by atoms with Crippen LogP contribution >= 0.6 is 0 Å². The van der Waals surface area contributed by atoms with Crippen LogP contribution in [0.3, 0.4) is 0 Å². The van der Waals surface area contributed by atoms with Crippen molar-refractivity contribution in [1.29, 1.82) is 0 Å². The molecule has 0 aromatic carbocycles. The summed E-state index contributed by atoms with van der Waals surface area (Å²) in [6.07, 6.45) is 8.09. The van der Waals surface area contributed by atoms with Gasteiger partial charge in [-0.15, -0.1) is 0 Å². The summed E-state index contributed by atoms with van der Waals surface area (Å²) in [7, 11) is 5.77. The van der Waals surface area contributed by atoms with Crippen LogP contribution in [-0.2, 0) is 4.74 Å². The van der Waals surface area contributed by atoms with Gasteiger partial charge in [-0.2, -0.15) is 0 Å². The van der Waals surface area contributed by atoms with E-state index in [0.29, 0.717) is 18.5 Å². The number of urea groups is 1. The summed E-state index contributed by atoms with van der Waals surface area (Å²) in [5.74, 6) is 0.421. The Balaban J connectivity index is 1.56. The highest BCUT2D eigenvalue weighted by atomic mass is 16.5. The molecule has 6 heteroatoms. The number of carbonyl (C=O) groups excluding carboxylic acids is 1. The first-order chi connectivity index (χ1) is 12.0. The van der Waals surface area contributed by atoms with Crippen molar-refractivity contribution >= 4 is 6.03 Å². The van der Waals surface area contributed by atoms with Crippen LogP contribution in [0.15, 0.2) is 24.5 Å². The predicted octanol–water partition coefficient (Wildman–Crippen LogP) is 2.28. The van der Waals surface area contributed by atoms with Gasteiger partial charge >= 0.3 is 6.03 Å². The molecule has 0 bridgehead atoms.